The second-order valence-corrected chi connectivity index (χ2v) is 6.81. The Balaban J connectivity index is 1.89. The van der Waals surface area contributed by atoms with E-state index >= 15 is 0 Å². The minimum Gasteiger partial charge on any atom is -0.356 e. The molecular weight excluding hydrogens is 324 g/mol. The SMILES string of the molecule is CN=C(NCc1ccc(C(=O)NC)cc1)NCC(C)(C)c1ccccc1. The Kier molecular flexibility index (Phi) is 6.78. The van der Waals surface area contributed by atoms with Gasteiger partial charge in [-0.05, 0) is 23.3 Å². The van der Waals surface area contributed by atoms with Crippen molar-refractivity contribution < 1.29 is 4.79 Å². The van der Waals surface area contributed by atoms with Crippen molar-refractivity contribution in [1.29, 1.82) is 0 Å². The van der Waals surface area contributed by atoms with Gasteiger partial charge in [-0.15, -0.1) is 0 Å². The molecule has 5 nitrogen and oxygen atoms in total. The number of rotatable bonds is 6. The van der Waals surface area contributed by atoms with E-state index in [1.807, 2.05) is 30.3 Å². The number of benzene rings is 2. The van der Waals surface area contributed by atoms with Crippen LogP contribution in [0.3, 0.4) is 0 Å². The number of aliphatic imine (C=N–C) groups is 1. The molecule has 26 heavy (non-hydrogen) atoms. The Morgan fingerprint density at radius 1 is 1.00 bits per heavy atom. The van der Waals surface area contributed by atoms with Crippen LogP contribution in [-0.2, 0) is 12.0 Å². The summed E-state index contributed by atoms with van der Waals surface area (Å²) in [6, 6.07) is 18.0. The zero-order valence-electron chi connectivity index (χ0n) is 16.0. The standard InChI is InChI=1S/C21H28N4O/c1-21(2,18-8-6-5-7-9-18)15-25-20(23-4)24-14-16-10-12-17(13-11-16)19(26)22-3/h5-13H,14-15H2,1-4H3,(H,22,26)(H2,23,24,25). The average Bonchev–Trinajstić information content (AvgIpc) is 2.68. The number of amides is 1. The van der Waals surface area contributed by atoms with Crippen LogP contribution < -0.4 is 16.0 Å². The maximum atomic E-state index is 11.6. The van der Waals surface area contributed by atoms with Crippen molar-refractivity contribution in [3.8, 4) is 0 Å². The first-order valence-corrected chi connectivity index (χ1v) is 8.77. The van der Waals surface area contributed by atoms with Gasteiger partial charge in [-0.25, -0.2) is 0 Å². The van der Waals surface area contributed by atoms with Gasteiger partial charge in [0.1, 0.15) is 0 Å². The zero-order valence-corrected chi connectivity index (χ0v) is 16.0. The molecule has 3 N–H and O–H groups in total. The van der Waals surface area contributed by atoms with Crippen LogP contribution in [0, 0.1) is 0 Å². The molecule has 2 aromatic carbocycles. The largest absolute Gasteiger partial charge is 0.356 e. The highest BCUT2D eigenvalue weighted by molar-refractivity contribution is 5.93. The van der Waals surface area contributed by atoms with Crippen LogP contribution in [0.25, 0.3) is 0 Å². The molecule has 0 heterocycles. The van der Waals surface area contributed by atoms with E-state index in [2.05, 4.69) is 59.1 Å². The molecule has 0 aliphatic rings. The molecule has 0 aromatic heterocycles. The van der Waals surface area contributed by atoms with E-state index in [1.165, 1.54) is 5.56 Å². The molecule has 1 amide bonds. The second kappa shape index (κ2) is 9.04. The van der Waals surface area contributed by atoms with Crippen LogP contribution in [-0.4, -0.2) is 32.5 Å². The van der Waals surface area contributed by atoms with Gasteiger partial charge in [0.2, 0.25) is 0 Å². The van der Waals surface area contributed by atoms with Gasteiger partial charge in [-0.1, -0.05) is 56.3 Å². The van der Waals surface area contributed by atoms with Crippen molar-refractivity contribution >= 4 is 11.9 Å². The Bertz CT molecular complexity index is 736. The molecule has 0 saturated heterocycles. The summed E-state index contributed by atoms with van der Waals surface area (Å²) in [5.74, 6) is 0.675. The summed E-state index contributed by atoms with van der Waals surface area (Å²) in [6.45, 7) is 5.83. The maximum Gasteiger partial charge on any atom is 0.251 e. The predicted molar refractivity (Wildman–Crippen MR) is 108 cm³/mol. The van der Waals surface area contributed by atoms with Crippen LogP contribution >= 0.6 is 0 Å². The van der Waals surface area contributed by atoms with E-state index in [0.717, 1.165) is 18.1 Å². The fraction of sp³-hybridized carbons (Fsp3) is 0.333. The molecule has 2 aromatic rings. The van der Waals surface area contributed by atoms with E-state index in [4.69, 9.17) is 0 Å². The van der Waals surface area contributed by atoms with E-state index < -0.39 is 0 Å². The lowest BCUT2D eigenvalue weighted by Crippen LogP contribution is -2.43. The van der Waals surface area contributed by atoms with Crippen molar-refractivity contribution in [1.82, 2.24) is 16.0 Å². The summed E-state index contributed by atoms with van der Waals surface area (Å²) in [7, 11) is 3.39. The second-order valence-electron chi connectivity index (χ2n) is 6.81. The van der Waals surface area contributed by atoms with Crippen LogP contribution in [0.2, 0.25) is 0 Å². The third kappa shape index (κ3) is 5.34. The minimum absolute atomic E-state index is 0.00591. The Morgan fingerprint density at radius 2 is 1.65 bits per heavy atom. The molecular formula is C21H28N4O. The normalized spacial score (nSPS) is 11.8. The third-order valence-corrected chi connectivity index (χ3v) is 4.38. The molecule has 138 valence electrons. The molecule has 0 atom stereocenters. The number of guanidine groups is 1. The number of nitrogens with zero attached hydrogens (tertiary/aromatic N) is 1. The van der Waals surface area contributed by atoms with Crippen LogP contribution in [0.4, 0.5) is 0 Å². The molecule has 0 fully saturated rings. The first-order chi connectivity index (χ1) is 12.5. The van der Waals surface area contributed by atoms with Crippen LogP contribution in [0.5, 0.6) is 0 Å². The highest BCUT2D eigenvalue weighted by atomic mass is 16.1. The highest BCUT2D eigenvalue weighted by Gasteiger charge is 2.20. The molecule has 5 heteroatoms. The topological polar surface area (TPSA) is 65.5 Å². The van der Waals surface area contributed by atoms with Crippen molar-refractivity contribution in [2.24, 2.45) is 4.99 Å². The van der Waals surface area contributed by atoms with Gasteiger partial charge in [-0.3, -0.25) is 9.79 Å². The average molecular weight is 352 g/mol. The Morgan fingerprint density at radius 3 is 2.23 bits per heavy atom. The lowest BCUT2D eigenvalue weighted by atomic mass is 9.85. The number of carbonyl (C=O) groups is 1. The van der Waals surface area contributed by atoms with Gasteiger partial charge >= 0.3 is 0 Å². The summed E-state index contributed by atoms with van der Waals surface area (Å²) in [5.41, 5.74) is 3.02. The first-order valence-electron chi connectivity index (χ1n) is 8.77. The van der Waals surface area contributed by atoms with Crippen LogP contribution in [0.15, 0.2) is 59.6 Å². The van der Waals surface area contributed by atoms with Crippen molar-refractivity contribution in [3.63, 3.8) is 0 Å². The Labute approximate surface area is 155 Å². The van der Waals surface area contributed by atoms with Crippen molar-refractivity contribution in [2.45, 2.75) is 25.8 Å². The molecule has 0 aliphatic carbocycles. The summed E-state index contributed by atoms with van der Waals surface area (Å²) in [6.07, 6.45) is 0. The monoisotopic (exact) mass is 352 g/mol. The lowest BCUT2D eigenvalue weighted by Gasteiger charge is -2.26. The molecule has 2 rings (SSSR count). The van der Waals surface area contributed by atoms with Gasteiger partial charge < -0.3 is 16.0 Å². The zero-order chi connectivity index (χ0) is 19.0. The molecule has 0 radical (unpaired) electrons. The fourth-order valence-electron chi connectivity index (χ4n) is 2.62. The van der Waals surface area contributed by atoms with Gasteiger partial charge in [0.25, 0.3) is 5.91 Å². The molecule has 0 bridgehead atoms. The lowest BCUT2D eigenvalue weighted by molar-refractivity contribution is 0.0963. The Hall–Kier alpha value is -2.82. The third-order valence-electron chi connectivity index (χ3n) is 4.38. The molecule has 0 spiro atoms. The van der Waals surface area contributed by atoms with Gasteiger partial charge in [0.05, 0.1) is 0 Å². The van der Waals surface area contributed by atoms with E-state index in [0.29, 0.717) is 12.1 Å². The summed E-state index contributed by atoms with van der Waals surface area (Å²) in [4.78, 5) is 15.9. The van der Waals surface area contributed by atoms with E-state index in [1.54, 1.807) is 14.1 Å². The number of nitrogens with one attached hydrogen (secondary N) is 3. The molecule has 0 unspecified atom stereocenters. The van der Waals surface area contributed by atoms with E-state index in [-0.39, 0.29) is 11.3 Å². The van der Waals surface area contributed by atoms with Crippen molar-refractivity contribution in [2.75, 3.05) is 20.6 Å². The number of hydrogen-bond donors (Lipinski definition) is 3. The van der Waals surface area contributed by atoms with Gasteiger partial charge in [0, 0.05) is 38.2 Å². The number of hydrogen-bond acceptors (Lipinski definition) is 2. The van der Waals surface area contributed by atoms with Gasteiger partial charge in [0.15, 0.2) is 5.96 Å². The summed E-state index contributed by atoms with van der Waals surface area (Å²) < 4.78 is 0. The van der Waals surface area contributed by atoms with Crippen LogP contribution in [0.1, 0.15) is 35.3 Å². The smallest absolute Gasteiger partial charge is 0.251 e. The van der Waals surface area contributed by atoms with Crippen molar-refractivity contribution in [3.05, 3.63) is 71.3 Å². The quantitative estimate of drug-likeness (QED) is 0.553. The van der Waals surface area contributed by atoms with Gasteiger partial charge in [-0.2, -0.15) is 0 Å². The number of carbonyl (C=O) groups excluding carboxylic acids is 1. The molecule has 0 saturated carbocycles. The maximum absolute atomic E-state index is 11.6. The minimum atomic E-state index is -0.0786. The van der Waals surface area contributed by atoms with E-state index in [9.17, 15) is 4.79 Å². The summed E-state index contributed by atoms with van der Waals surface area (Å²) >= 11 is 0. The molecule has 0 aliphatic heterocycles. The summed E-state index contributed by atoms with van der Waals surface area (Å²) in [5, 5.41) is 9.32. The fourth-order valence-corrected chi connectivity index (χ4v) is 2.62. The first kappa shape index (κ1) is 19.5. The highest BCUT2D eigenvalue weighted by Crippen LogP contribution is 2.21. The predicted octanol–water partition coefficient (Wildman–Crippen LogP) is 2.69.